The molecule has 12 heavy (non-hydrogen) atoms. The van der Waals surface area contributed by atoms with E-state index in [0.717, 1.165) is 18.7 Å². The molecule has 1 N–H and O–H groups in total. The van der Waals surface area contributed by atoms with E-state index in [1.165, 1.54) is 7.11 Å². The van der Waals surface area contributed by atoms with Crippen molar-refractivity contribution in [2.24, 2.45) is 0 Å². The molecular formula is C8H17NO2S. The molecule has 0 aliphatic heterocycles. The first kappa shape index (κ1) is 11.8. The van der Waals surface area contributed by atoms with Crippen LogP contribution in [0.1, 0.15) is 13.3 Å². The lowest BCUT2D eigenvalue weighted by atomic mass is 10.2. The highest BCUT2D eigenvalue weighted by atomic mass is 32.2. The molecule has 0 fully saturated rings. The van der Waals surface area contributed by atoms with Crippen molar-refractivity contribution in [1.29, 1.82) is 0 Å². The maximum atomic E-state index is 11.1. The zero-order chi connectivity index (χ0) is 9.40. The molecule has 0 saturated heterocycles. The first-order valence-electron chi connectivity index (χ1n) is 4.06. The third-order valence-electron chi connectivity index (χ3n) is 1.55. The topological polar surface area (TPSA) is 38.3 Å². The Bertz CT molecular complexity index is 130. The number of rotatable bonds is 6. The summed E-state index contributed by atoms with van der Waals surface area (Å²) in [5.74, 6) is 0.818. The SMILES string of the molecule is CCN[C@@H](CCSC)C(=O)OC. The van der Waals surface area contributed by atoms with Crippen molar-refractivity contribution < 1.29 is 9.53 Å². The molecule has 0 aromatic rings. The summed E-state index contributed by atoms with van der Waals surface area (Å²) < 4.78 is 4.65. The van der Waals surface area contributed by atoms with Crippen molar-refractivity contribution in [3.8, 4) is 0 Å². The minimum Gasteiger partial charge on any atom is -0.468 e. The lowest BCUT2D eigenvalue weighted by Crippen LogP contribution is -2.37. The van der Waals surface area contributed by atoms with E-state index in [2.05, 4.69) is 10.1 Å². The predicted molar refractivity (Wildman–Crippen MR) is 52.5 cm³/mol. The van der Waals surface area contributed by atoms with E-state index in [0.29, 0.717) is 0 Å². The number of likely N-dealkylation sites (N-methyl/N-ethyl adjacent to an activating group) is 1. The van der Waals surface area contributed by atoms with E-state index < -0.39 is 0 Å². The summed E-state index contributed by atoms with van der Waals surface area (Å²) in [6.07, 6.45) is 2.86. The highest BCUT2D eigenvalue weighted by Gasteiger charge is 2.16. The molecule has 0 saturated carbocycles. The van der Waals surface area contributed by atoms with E-state index in [9.17, 15) is 4.79 Å². The van der Waals surface area contributed by atoms with E-state index in [1.807, 2.05) is 13.2 Å². The Balaban J connectivity index is 3.76. The van der Waals surface area contributed by atoms with E-state index >= 15 is 0 Å². The van der Waals surface area contributed by atoms with Crippen molar-refractivity contribution >= 4 is 17.7 Å². The van der Waals surface area contributed by atoms with Gasteiger partial charge in [-0.1, -0.05) is 6.92 Å². The lowest BCUT2D eigenvalue weighted by Gasteiger charge is -2.13. The summed E-state index contributed by atoms with van der Waals surface area (Å²) in [5.41, 5.74) is 0. The number of hydrogen-bond acceptors (Lipinski definition) is 4. The fourth-order valence-electron chi connectivity index (χ4n) is 0.928. The minimum atomic E-state index is -0.161. The summed E-state index contributed by atoms with van der Waals surface area (Å²) in [6.45, 7) is 2.78. The maximum absolute atomic E-state index is 11.1. The van der Waals surface area contributed by atoms with Crippen LogP contribution >= 0.6 is 11.8 Å². The van der Waals surface area contributed by atoms with Gasteiger partial charge in [-0.15, -0.1) is 0 Å². The second-order valence-corrected chi connectivity index (χ2v) is 3.40. The third-order valence-corrected chi connectivity index (χ3v) is 2.19. The van der Waals surface area contributed by atoms with Crippen LogP contribution in [0.3, 0.4) is 0 Å². The molecule has 0 rings (SSSR count). The molecule has 4 heteroatoms. The number of carbonyl (C=O) groups is 1. The van der Waals surface area contributed by atoms with Crippen LogP contribution in [0.5, 0.6) is 0 Å². The van der Waals surface area contributed by atoms with Crippen LogP contribution in [0, 0.1) is 0 Å². The average Bonchev–Trinajstić information content (AvgIpc) is 2.11. The van der Waals surface area contributed by atoms with Crippen molar-refractivity contribution in [3.63, 3.8) is 0 Å². The van der Waals surface area contributed by atoms with Gasteiger partial charge in [0.2, 0.25) is 0 Å². The Morgan fingerprint density at radius 3 is 2.75 bits per heavy atom. The van der Waals surface area contributed by atoms with Crippen LogP contribution in [0.2, 0.25) is 0 Å². The van der Waals surface area contributed by atoms with Gasteiger partial charge in [-0.3, -0.25) is 4.79 Å². The Hall–Kier alpha value is -0.220. The largest absolute Gasteiger partial charge is 0.468 e. The monoisotopic (exact) mass is 191 g/mol. The highest BCUT2D eigenvalue weighted by molar-refractivity contribution is 7.98. The van der Waals surface area contributed by atoms with Gasteiger partial charge in [-0.05, 0) is 25.0 Å². The summed E-state index contributed by atoms with van der Waals surface area (Å²) in [7, 11) is 1.42. The molecule has 0 heterocycles. The number of carbonyl (C=O) groups excluding carboxylic acids is 1. The average molecular weight is 191 g/mol. The number of thioether (sulfide) groups is 1. The molecule has 72 valence electrons. The van der Waals surface area contributed by atoms with Crippen LogP contribution in [0.25, 0.3) is 0 Å². The van der Waals surface area contributed by atoms with Gasteiger partial charge in [0.15, 0.2) is 0 Å². The first-order valence-corrected chi connectivity index (χ1v) is 5.45. The maximum Gasteiger partial charge on any atom is 0.322 e. The molecule has 0 aliphatic carbocycles. The predicted octanol–water partition coefficient (Wildman–Crippen LogP) is 0.891. The van der Waals surface area contributed by atoms with Gasteiger partial charge in [0.1, 0.15) is 6.04 Å². The number of esters is 1. The van der Waals surface area contributed by atoms with Gasteiger partial charge < -0.3 is 10.1 Å². The number of nitrogens with one attached hydrogen (secondary N) is 1. The smallest absolute Gasteiger partial charge is 0.322 e. The standard InChI is InChI=1S/C8H17NO2S/c1-4-9-7(5-6-12-3)8(10)11-2/h7,9H,4-6H2,1-3H3/t7-/m0/s1. The van der Waals surface area contributed by atoms with Crippen LogP contribution in [0.4, 0.5) is 0 Å². The normalized spacial score (nSPS) is 12.6. The summed E-state index contributed by atoms with van der Waals surface area (Å²) in [6, 6.07) is -0.132. The van der Waals surface area contributed by atoms with E-state index in [4.69, 9.17) is 0 Å². The number of ether oxygens (including phenoxy) is 1. The van der Waals surface area contributed by atoms with Crippen LogP contribution < -0.4 is 5.32 Å². The van der Waals surface area contributed by atoms with Gasteiger partial charge in [0.25, 0.3) is 0 Å². The van der Waals surface area contributed by atoms with Crippen molar-refractivity contribution in [3.05, 3.63) is 0 Å². The molecule has 0 radical (unpaired) electrons. The Labute approximate surface area is 78.2 Å². The quantitative estimate of drug-likeness (QED) is 0.633. The molecular weight excluding hydrogens is 174 g/mol. The van der Waals surface area contributed by atoms with Gasteiger partial charge in [0, 0.05) is 0 Å². The molecule has 1 atom stereocenters. The summed E-state index contributed by atoms with van der Waals surface area (Å²) in [5, 5.41) is 3.08. The summed E-state index contributed by atoms with van der Waals surface area (Å²) >= 11 is 1.74. The van der Waals surface area contributed by atoms with Crippen LogP contribution in [0.15, 0.2) is 0 Å². The van der Waals surface area contributed by atoms with E-state index in [1.54, 1.807) is 11.8 Å². The zero-order valence-electron chi connectivity index (χ0n) is 7.92. The molecule has 3 nitrogen and oxygen atoms in total. The Morgan fingerprint density at radius 2 is 2.33 bits per heavy atom. The Morgan fingerprint density at radius 1 is 1.67 bits per heavy atom. The molecule has 0 aliphatic rings. The molecule has 0 aromatic heterocycles. The van der Waals surface area contributed by atoms with Gasteiger partial charge in [-0.2, -0.15) is 11.8 Å². The van der Waals surface area contributed by atoms with Crippen molar-refractivity contribution in [2.45, 2.75) is 19.4 Å². The molecule has 0 aromatic carbocycles. The van der Waals surface area contributed by atoms with Crippen LogP contribution in [-0.2, 0) is 9.53 Å². The number of hydrogen-bond donors (Lipinski definition) is 1. The van der Waals surface area contributed by atoms with Crippen molar-refractivity contribution in [2.75, 3.05) is 25.7 Å². The van der Waals surface area contributed by atoms with Crippen LogP contribution in [-0.4, -0.2) is 37.7 Å². The minimum absolute atomic E-state index is 0.132. The van der Waals surface area contributed by atoms with Crippen molar-refractivity contribution in [1.82, 2.24) is 5.32 Å². The molecule has 0 bridgehead atoms. The highest BCUT2D eigenvalue weighted by Crippen LogP contribution is 2.01. The molecule has 0 unspecified atom stereocenters. The zero-order valence-corrected chi connectivity index (χ0v) is 8.74. The van der Waals surface area contributed by atoms with Gasteiger partial charge in [-0.25, -0.2) is 0 Å². The van der Waals surface area contributed by atoms with E-state index in [-0.39, 0.29) is 12.0 Å². The summed E-state index contributed by atoms with van der Waals surface area (Å²) in [4.78, 5) is 11.1. The first-order chi connectivity index (χ1) is 5.76. The third kappa shape index (κ3) is 4.62. The fourth-order valence-corrected chi connectivity index (χ4v) is 1.40. The van der Waals surface area contributed by atoms with Gasteiger partial charge >= 0.3 is 5.97 Å². The fraction of sp³-hybridized carbons (Fsp3) is 0.875. The van der Waals surface area contributed by atoms with Gasteiger partial charge in [0.05, 0.1) is 7.11 Å². The lowest BCUT2D eigenvalue weighted by molar-refractivity contribution is -0.143. The Kier molecular flexibility index (Phi) is 7.29. The molecule has 0 amide bonds. The number of methoxy groups -OCH3 is 1. The second kappa shape index (κ2) is 7.43. The molecule has 0 spiro atoms. The second-order valence-electron chi connectivity index (χ2n) is 2.41.